The van der Waals surface area contributed by atoms with Crippen LogP contribution in [0.3, 0.4) is 0 Å². The van der Waals surface area contributed by atoms with Crippen LogP contribution in [-0.4, -0.2) is 18.2 Å². The molecular formula is C13H23NO2. The Morgan fingerprint density at radius 1 is 1.31 bits per heavy atom. The number of nitrogens with one attached hydrogen (secondary N) is 1. The smallest absolute Gasteiger partial charge is 0.407 e. The summed E-state index contributed by atoms with van der Waals surface area (Å²) < 4.78 is 5.19. The number of carbonyl (C=O) groups excluding carboxylic acids is 1. The van der Waals surface area contributed by atoms with Gasteiger partial charge in [-0.3, -0.25) is 0 Å². The Hall–Kier alpha value is -0.730. The minimum absolute atomic E-state index is 0.287. The van der Waals surface area contributed by atoms with Gasteiger partial charge >= 0.3 is 6.09 Å². The van der Waals surface area contributed by atoms with E-state index < -0.39 is 5.60 Å². The topological polar surface area (TPSA) is 38.3 Å². The lowest BCUT2D eigenvalue weighted by atomic mass is 9.35. The Balaban J connectivity index is 1.60. The zero-order chi connectivity index (χ0) is 12.0. The molecule has 0 aromatic heterocycles. The lowest BCUT2D eigenvalue weighted by Gasteiger charge is -2.70. The summed E-state index contributed by atoms with van der Waals surface area (Å²) >= 11 is 0. The molecule has 0 unspecified atom stereocenters. The van der Waals surface area contributed by atoms with Crippen molar-refractivity contribution in [3.8, 4) is 0 Å². The highest BCUT2D eigenvalue weighted by molar-refractivity contribution is 5.67. The van der Waals surface area contributed by atoms with Crippen molar-refractivity contribution in [1.29, 1.82) is 0 Å². The van der Waals surface area contributed by atoms with E-state index in [1.54, 1.807) is 0 Å². The number of hydrogen-bond donors (Lipinski definition) is 1. The van der Waals surface area contributed by atoms with E-state index in [9.17, 15) is 4.79 Å². The molecule has 0 saturated heterocycles. The minimum atomic E-state index is -0.395. The lowest BCUT2D eigenvalue weighted by molar-refractivity contribution is -0.193. The molecule has 1 amide bonds. The summed E-state index contributed by atoms with van der Waals surface area (Å²) in [7, 11) is 0. The quantitative estimate of drug-likeness (QED) is 0.801. The summed E-state index contributed by atoms with van der Waals surface area (Å²) in [5.74, 6) is 0. The van der Waals surface area contributed by atoms with E-state index in [1.807, 2.05) is 20.8 Å². The molecule has 1 N–H and O–H groups in total. The molecule has 2 bridgehead atoms. The van der Waals surface area contributed by atoms with Gasteiger partial charge in [0.05, 0.1) is 0 Å². The normalized spacial score (nSPS) is 36.0. The number of alkyl carbamates (subject to hydrolysis) is 1. The third-order valence-corrected chi connectivity index (χ3v) is 3.73. The van der Waals surface area contributed by atoms with Crippen LogP contribution in [0.25, 0.3) is 0 Å². The Kier molecular flexibility index (Phi) is 2.48. The third kappa shape index (κ3) is 2.33. The molecule has 3 fully saturated rings. The lowest BCUT2D eigenvalue weighted by Crippen LogP contribution is -2.60. The molecule has 3 saturated carbocycles. The Labute approximate surface area is 97.9 Å². The van der Waals surface area contributed by atoms with Gasteiger partial charge in [0, 0.05) is 6.54 Å². The van der Waals surface area contributed by atoms with E-state index in [2.05, 4.69) is 12.2 Å². The van der Waals surface area contributed by atoms with Gasteiger partial charge in [0.2, 0.25) is 0 Å². The van der Waals surface area contributed by atoms with Gasteiger partial charge in [-0.15, -0.1) is 0 Å². The van der Waals surface area contributed by atoms with Crippen LogP contribution in [0.15, 0.2) is 0 Å². The second kappa shape index (κ2) is 3.38. The highest BCUT2D eigenvalue weighted by Crippen LogP contribution is 2.74. The fourth-order valence-corrected chi connectivity index (χ4v) is 3.57. The highest BCUT2D eigenvalue weighted by Gasteiger charge is 2.63. The molecule has 3 heteroatoms. The van der Waals surface area contributed by atoms with Gasteiger partial charge in [0.25, 0.3) is 0 Å². The van der Waals surface area contributed by atoms with E-state index >= 15 is 0 Å². The number of ether oxygens (including phenoxy) is 1. The van der Waals surface area contributed by atoms with Crippen LogP contribution in [0.2, 0.25) is 0 Å². The van der Waals surface area contributed by atoms with Gasteiger partial charge in [-0.25, -0.2) is 4.79 Å². The van der Waals surface area contributed by atoms with Crippen molar-refractivity contribution in [1.82, 2.24) is 5.32 Å². The molecule has 3 aliphatic carbocycles. The first-order valence-electron chi connectivity index (χ1n) is 6.19. The summed E-state index contributed by atoms with van der Waals surface area (Å²) in [6.07, 6.45) is 4.90. The van der Waals surface area contributed by atoms with Gasteiger partial charge < -0.3 is 10.1 Å². The molecule has 0 aliphatic heterocycles. The van der Waals surface area contributed by atoms with Crippen molar-refractivity contribution in [2.75, 3.05) is 6.54 Å². The van der Waals surface area contributed by atoms with Gasteiger partial charge in [-0.1, -0.05) is 6.92 Å². The molecule has 0 radical (unpaired) electrons. The van der Waals surface area contributed by atoms with Crippen molar-refractivity contribution in [3.63, 3.8) is 0 Å². The maximum Gasteiger partial charge on any atom is 0.407 e. The van der Waals surface area contributed by atoms with Crippen LogP contribution >= 0.6 is 0 Å². The summed E-state index contributed by atoms with van der Waals surface area (Å²) in [6.45, 7) is 8.76. The van der Waals surface area contributed by atoms with Crippen LogP contribution in [0.5, 0.6) is 0 Å². The standard InChI is InChI=1S/C13H23NO2/c1-11(2,3)16-10(15)14-6-5-13-7-12(4,8-13)9-13/h5-9H2,1-4H3,(H,14,15). The van der Waals surface area contributed by atoms with E-state index in [0.717, 1.165) is 13.0 Å². The molecule has 0 aromatic carbocycles. The van der Waals surface area contributed by atoms with Crippen molar-refractivity contribution in [2.45, 2.75) is 59.0 Å². The zero-order valence-corrected chi connectivity index (χ0v) is 10.9. The van der Waals surface area contributed by atoms with Crippen LogP contribution in [0, 0.1) is 10.8 Å². The summed E-state index contributed by atoms with van der Waals surface area (Å²) in [4.78, 5) is 11.4. The van der Waals surface area contributed by atoms with Crippen molar-refractivity contribution in [2.24, 2.45) is 10.8 Å². The molecule has 16 heavy (non-hydrogen) atoms. The minimum Gasteiger partial charge on any atom is -0.444 e. The number of carbonyl (C=O) groups is 1. The van der Waals surface area contributed by atoms with E-state index in [0.29, 0.717) is 10.8 Å². The summed E-state index contributed by atoms with van der Waals surface area (Å²) in [5, 5.41) is 2.84. The molecule has 92 valence electrons. The Morgan fingerprint density at radius 2 is 1.88 bits per heavy atom. The largest absolute Gasteiger partial charge is 0.444 e. The summed E-state index contributed by atoms with van der Waals surface area (Å²) in [6, 6.07) is 0. The third-order valence-electron chi connectivity index (χ3n) is 3.73. The van der Waals surface area contributed by atoms with E-state index in [-0.39, 0.29) is 6.09 Å². The van der Waals surface area contributed by atoms with Crippen LogP contribution in [0.1, 0.15) is 53.4 Å². The van der Waals surface area contributed by atoms with Gasteiger partial charge in [-0.05, 0) is 57.3 Å². The predicted molar refractivity (Wildman–Crippen MR) is 63.2 cm³/mol. The first-order chi connectivity index (χ1) is 7.22. The first-order valence-corrected chi connectivity index (χ1v) is 6.19. The number of rotatable bonds is 3. The van der Waals surface area contributed by atoms with Crippen LogP contribution < -0.4 is 5.32 Å². The molecule has 3 nitrogen and oxygen atoms in total. The van der Waals surface area contributed by atoms with Gasteiger partial charge in [0.15, 0.2) is 0 Å². The average molecular weight is 225 g/mol. The second-order valence-electron chi connectivity index (χ2n) is 7.02. The molecule has 0 spiro atoms. The van der Waals surface area contributed by atoms with E-state index in [1.165, 1.54) is 19.3 Å². The summed E-state index contributed by atoms with van der Waals surface area (Å²) in [5.41, 5.74) is 0.837. The second-order valence-corrected chi connectivity index (χ2v) is 7.02. The van der Waals surface area contributed by atoms with Crippen molar-refractivity contribution >= 4 is 6.09 Å². The average Bonchev–Trinajstić information content (AvgIpc) is 1.95. The van der Waals surface area contributed by atoms with Crippen LogP contribution in [0.4, 0.5) is 4.79 Å². The zero-order valence-electron chi connectivity index (χ0n) is 10.9. The van der Waals surface area contributed by atoms with Crippen molar-refractivity contribution < 1.29 is 9.53 Å². The van der Waals surface area contributed by atoms with Crippen LogP contribution in [-0.2, 0) is 4.74 Å². The maximum absolute atomic E-state index is 11.4. The molecule has 0 heterocycles. The molecular weight excluding hydrogens is 202 g/mol. The molecule has 0 aromatic rings. The molecule has 0 atom stereocenters. The van der Waals surface area contributed by atoms with Gasteiger partial charge in [-0.2, -0.15) is 0 Å². The molecule has 3 aliphatic rings. The maximum atomic E-state index is 11.4. The SMILES string of the molecule is CC12CC(CCNC(=O)OC(C)(C)C)(C1)C2. The van der Waals surface area contributed by atoms with Gasteiger partial charge in [0.1, 0.15) is 5.60 Å². The number of hydrogen-bond acceptors (Lipinski definition) is 2. The first kappa shape index (κ1) is 11.7. The number of amides is 1. The van der Waals surface area contributed by atoms with Crippen molar-refractivity contribution in [3.05, 3.63) is 0 Å². The fourth-order valence-electron chi connectivity index (χ4n) is 3.57. The fraction of sp³-hybridized carbons (Fsp3) is 0.923. The van der Waals surface area contributed by atoms with E-state index in [4.69, 9.17) is 4.74 Å². The predicted octanol–water partition coefficient (Wildman–Crippen LogP) is 3.09. The Bertz CT molecular complexity index is 284. The molecule has 3 rings (SSSR count). The highest BCUT2D eigenvalue weighted by atomic mass is 16.6. The Morgan fingerprint density at radius 3 is 2.31 bits per heavy atom. The monoisotopic (exact) mass is 225 g/mol.